The summed E-state index contributed by atoms with van der Waals surface area (Å²) in [7, 11) is 0. The van der Waals surface area contributed by atoms with Crippen molar-refractivity contribution in [3.63, 3.8) is 0 Å². The molecule has 1 saturated carbocycles. The average Bonchev–Trinajstić information content (AvgIpc) is 2.90. The van der Waals surface area contributed by atoms with Crippen LogP contribution in [0, 0.1) is 0 Å². The minimum atomic E-state index is 0.513. The first kappa shape index (κ1) is 17.2. The Morgan fingerprint density at radius 3 is 2.65 bits per heavy atom. The van der Waals surface area contributed by atoms with Crippen molar-refractivity contribution in [2.24, 2.45) is 0 Å². The van der Waals surface area contributed by atoms with E-state index >= 15 is 0 Å². The van der Waals surface area contributed by atoms with Gasteiger partial charge in [0.15, 0.2) is 0 Å². The fourth-order valence-electron chi connectivity index (χ4n) is 2.40. The zero-order chi connectivity index (χ0) is 14.8. The van der Waals surface area contributed by atoms with Crippen LogP contribution in [-0.2, 0) is 0 Å². The number of hydrogen-bond donors (Lipinski definition) is 4. The summed E-state index contributed by atoms with van der Waals surface area (Å²) in [5.74, 6) is 0. The van der Waals surface area contributed by atoms with Gasteiger partial charge in [-0.1, -0.05) is 38.8 Å². The molecule has 0 spiro atoms. The molecule has 0 amide bonds. The summed E-state index contributed by atoms with van der Waals surface area (Å²) in [6, 6.07) is 1.04. The lowest BCUT2D eigenvalue weighted by Crippen LogP contribution is -2.27. The number of thiol groups is 1. The molecular weight excluding hydrogens is 266 g/mol. The number of hydrogen-bond acceptors (Lipinski definition) is 4. The van der Waals surface area contributed by atoms with E-state index in [2.05, 4.69) is 66.8 Å². The summed E-state index contributed by atoms with van der Waals surface area (Å²) in [4.78, 5) is 0. The predicted octanol–water partition coefficient (Wildman–Crippen LogP) is 3.29. The highest BCUT2D eigenvalue weighted by Gasteiger charge is 2.23. The van der Waals surface area contributed by atoms with Gasteiger partial charge in [-0.05, 0) is 44.8 Å². The fourth-order valence-corrected chi connectivity index (χ4v) is 2.63. The van der Waals surface area contributed by atoms with Gasteiger partial charge >= 0.3 is 0 Å². The van der Waals surface area contributed by atoms with Gasteiger partial charge in [-0.3, -0.25) is 4.72 Å². The van der Waals surface area contributed by atoms with E-state index in [1.165, 1.54) is 25.7 Å². The molecular formula is C16H29N3S. The van der Waals surface area contributed by atoms with Crippen LogP contribution in [0.25, 0.3) is 0 Å². The third kappa shape index (κ3) is 6.53. The van der Waals surface area contributed by atoms with E-state index in [1.54, 1.807) is 0 Å². The molecule has 1 aliphatic carbocycles. The van der Waals surface area contributed by atoms with Crippen molar-refractivity contribution in [3.8, 4) is 0 Å². The van der Waals surface area contributed by atoms with Gasteiger partial charge in [-0.2, -0.15) is 0 Å². The molecule has 1 fully saturated rings. The summed E-state index contributed by atoms with van der Waals surface area (Å²) in [6.07, 6.45) is 12.1. The van der Waals surface area contributed by atoms with Crippen LogP contribution in [0.3, 0.4) is 0 Å². The highest BCUT2D eigenvalue weighted by atomic mass is 32.1. The highest BCUT2D eigenvalue weighted by molar-refractivity contribution is 7.78. The predicted molar refractivity (Wildman–Crippen MR) is 91.6 cm³/mol. The fraction of sp³-hybridized carbons (Fsp3) is 0.625. The van der Waals surface area contributed by atoms with Crippen molar-refractivity contribution in [1.82, 2.24) is 15.4 Å². The topological polar surface area (TPSA) is 36.1 Å². The largest absolute Gasteiger partial charge is 0.385 e. The maximum atomic E-state index is 4.14. The molecule has 114 valence electrons. The Morgan fingerprint density at radius 2 is 2.05 bits per heavy atom. The molecule has 3 N–H and O–H groups in total. The molecule has 2 unspecified atom stereocenters. The van der Waals surface area contributed by atoms with Gasteiger partial charge in [-0.25, -0.2) is 0 Å². The second-order valence-corrected chi connectivity index (χ2v) is 5.62. The van der Waals surface area contributed by atoms with E-state index in [1.807, 2.05) is 0 Å². The minimum Gasteiger partial charge on any atom is -0.385 e. The zero-order valence-electron chi connectivity index (χ0n) is 12.8. The summed E-state index contributed by atoms with van der Waals surface area (Å²) in [6.45, 7) is 9.36. The molecule has 4 heteroatoms. The van der Waals surface area contributed by atoms with Crippen molar-refractivity contribution in [2.45, 2.75) is 58.0 Å². The molecule has 0 radical (unpaired) electrons. The standard InChI is InChI=1S/C16H29N3S/c1-4-6-11-17-14(5-2)8-7-13(3)18-15-9-10-16(12-15)19-20/h5,7-8,15-20H,3-4,6,9-12H2,1-2H3/b8-7-,14-5+. The van der Waals surface area contributed by atoms with E-state index in [0.717, 1.165) is 24.4 Å². The van der Waals surface area contributed by atoms with E-state index in [9.17, 15) is 0 Å². The number of allylic oxidation sites excluding steroid dienone is 3. The third-order valence-electron chi connectivity index (χ3n) is 3.64. The van der Waals surface area contributed by atoms with Gasteiger partial charge < -0.3 is 10.6 Å². The van der Waals surface area contributed by atoms with Gasteiger partial charge in [0, 0.05) is 30.0 Å². The van der Waals surface area contributed by atoms with Crippen molar-refractivity contribution in [1.29, 1.82) is 0 Å². The maximum Gasteiger partial charge on any atom is 0.0297 e. The van der Waals surface area contributed by atoms with Crippen molar-refractivity contribution >= 4 is 12.8 Å². The molecule has 20 heavy (non-hydrogen) atoms. The molecule has 0 bridgehead atoms. The molecule has 3 nitrogen and oxygen atoms in total. The molecule has 0 heterocycles. The Hall–Kier alpha value is -0.870. The Labute approximate surface area is 129 Å². The molecule has 1 rings (SSSR count). The summed E-state index contributed by atoms with van der Waals surface area (Å²) >= 11 is 4.14. The Morgan fingerprint density at radius 1 is 1.30 bits per heavy atom. The lowest BCUT2D eigenvalue weighted by Gasteiger charge is -2.14. The molecule has 0 aromatic rings. The first-order chi connectivity index (χ1) is 9.69. The van der Waals surface area contributed by atoms with Gasteiger partial charge in [-0.15, -0.1) is 0 Å². The van der Waals surface area contributed by atoms with Crippen LogP contribution in [0.2, 0.25) is 0 Å². The second-order valence-electron chi connectivity index (χ2n) is 5.36. The van der Waals surface area contributed by atoms with Gasteiger partial charge in [0.25, 0.3) is 0 Å². The van der Waals surface area contributed by atoms with Gasteiger partial charge in [0.05, 0.1) is 0 Å². The van der Waals surface area contributed by atoms with E-state index in [-0.39, 0.29) is 0 Å². The summed E-state index contributed by atoms with van der Waals surface area (Å²) in [5, 5.41) is 6.90. The highest BCUT2D eigenvalue weighted by Crippen LogP contribution is 2.20. The smallest absolute Gasteiger partial charge is 0.0297 e. The molecule has 0 saturated heterocycles. The van der Waals surface area contributed by atoms with Crippen LogP contribution < -0.4 is 15.4 Å². The first-order valence-electron chi connectivity index (χ1n) is 7.62. The quantitative estimate of drug-likeness (QED) is 0.299. The number of nitrogens with one attached hydrogen (secondary N) is 3. The van der Waals surface area contributed by atoms with Crippen LogP contribution in [-0.4, -0.2) is 18.6 Å². The zero-order valence-corrected chi connectivity index (χ0v) is 13.7. The second kappa shape index (κ2) is 9.94. The number of unbranched alkanes of at least 4 members (excludes halogenated alkanes) is 1. The molecule has 2 atom stereocenters. The Kier molecular flexibility index (Phi) is 8.54. The monoisotopic (exact) mass is 295 g/mol. The van der Waals surface area contributed by atoms with E-state index < -0.39 is 0 Å². The van der Waals surface area contributed by atoms with Gasteiger partial charge in [0.1, 0.15) is 0 Å². The van der Waals surface area contributed by atoms with E-state index in [4.69, 9.17) is 0 Å². The van der Waals surface area contributed by atoms with Crippen LogP contribution in [0.1, 0.15) is 46.0 Å². The normalized spacial score (nSPS) is 23.2. The minimum absolute atomic E-state index is 0.513. The summed E-state index contributed by atoms with van der Waals surface area (Å²) in [5.41, 5.74) is 2.13. The van der Waals surface area contributed by atoms with Crippen molar-refractivity contribution in [2.75, 3.05) is 6.54 Å². The number of rotatable bonds is 9. The average molecular weight is 295 g/mol. The maximum absolute atomic E-state index is 4.14. The van der Waals surface area contributed by atoms with Crippen LogP contribution in [0.5, 0.6) is 0 Å². The van der Waals surface area contributed by atoms with Gasteiger partial charge in [0.2, 0.25) is 0 Å². The van der Waals surface area contributed by atoms with Crippen molar-refractivity contribution in [3.05, 3.63) is 36.2 Å². The Balaban J connectivity index is 2.31. The van der Waals surface area contributed by atoms with Crippen LogP contribution >= 0.6 is 12.8 Å². The summed E-state index contributed by atoms with van der Waals surface area (Å²) < 4.78 is 3.04. The molecule has 0 aromatic heterocycles. The SMILES string of the molecule is C=C(/C=C\C(=C/C)NCCCC)NC1CCC(NS)C1. The lowest BCUT2D eigenvalue weighted by molar-refractivity contribution is 0.572. The Bertz CT molecular complexity index is 350. The van der Waals surface area contributed by atoms with Crippen LogP contribution in [0.4, 0.5) is 0 Å². The molecule has 0 aliphatic heterocycles. The van der Waals surface area contributed by atoms with Crippen molar-refractivity contribution < 1.29 is 0 Å². The third-order valence-corrected chi connectivity index (χ3v) is 4.00. The molecule has 0 aromatic carbocycles. The van der Waals surface area contributed by atoms with E-state index in [0.29, 0.717) is 12.1 Å². The van der Waals surface area contributed by atoms with Crippen LogP contribution in [0.15, 0.2) is 36.2 Å². The molecule has 1 aliphatic rings. The lowest BCUT2D eigenvalue weighted by atomic mass is 10.2. The first-order valence-corrected chi connectivity index (χ1v) is 8.07.